The van der Waals surface area contributed by atoms with Crippen LogP contribution in [0.15, 0.2) is 52.9 Å². The molecule has 0 atom stereocenters. The van der Waals surface area contributed by atoms with Gasteiger partial charge in [0.1, 0.15) is 24.6 Å². The van der Waals surface area contributed by atoms with Crippen LogP contribution in [0.5, 0.6) is 11.5 Å². The number of phenols is 2. The molecule has 0 saturated heterocycles. The number of benzene rings is 2. The molecule has 0 radical (unpaired) electrons. The molecule has 2 N–H and O–H groups in total. The van der Waals surface area contributed by atoms with Gasteiger partial charge in [-0.2, -0.15) is 0 Å². The highest BCUT2D eigenvalue weighted by atomic mass is 35.5. The van der Waals surface area contributed by atoms with E-state index in [1.54, 1.807) is 6.07 Å². The topological polar surface area (TPSA) is 56.6 Å². The maximum atomic E-state index is 9.66. The molecular weight excluding hydrogens is 326 g/mol. The van der Waals surface area contributed by atoms with E-state index in [4.69, 9.17) is 4.42 Å². The first-order chi connectivity index (χ1) is 11.1. The molecule has 0 saturated carbocycles. The first kappa shape index (κ1) is 17.9. The molecule has 5 heteroatoms. The summed E-state index contributed by atoms with van der Waals surface area (Å²) < 4.78 is 8.26. The molecular formula is C19H20ClNO3. The lowest BCUT2D eigenvalue weighted by molar-refractivity contribution is -0.00000700. The van der Waals surface area contributed by atoms with Crippen LogP contribution in [0.25, 0.3) is 22.6 Å². The number of aromatic hydroxyl groups is 2. The van der Waals surface area contributed by atoms with Crippen LogP contribution in [-0.2, 0) is 0 Å². The van der Waals surface area contributed by atoms with Crippen molar-refractivity contribution in [3.63, 3.8) is 0 Å². The number of halogens is 1. The van der Waals surface area contributed by atoms with Crippen molar-refractivity contribution in [1.82, 2.24) is 4.58 Å². The SMILES string of the molecule is CC[N+](CC)=c1ccc2ccc(-c3ccc(O)c(O)c3)oc-2c1.[Cl-]. The molecule has 0 bridgehead atoms. The molecule has 1 aromatic carbocycles. The van der Waals surface area contributed by atoms with Gasteiger partial charge in [-0.25, -0.2) is 4.58 Å². The summed E-state index contributed by atoms with van der Waals surface area (Å²) in [5.74, 6) is 1.14. The van der Waals surface area contributed by atoms with E-state index in [-0.39, 0.29) is 23.9 Å². The van der Waals surface area contributed by atoms with Crippen molar-refractivity contribution in [2.75, 3.05) is 13.1 Å². The molecule has 0 fully saturated rings. The summed E-state index contributed by atoms with van der Waals surface area (Å²) in [4.78, 5) is 0. The zero-order valence-electron chi connectivity index (χ0n) is 13.7. The van der Waals surface area contributed by atoms with Crippen molar-refractivity contribution in [2.45, 2.75) is 13.8 Å². The Hall–Kier alpha value is -2.46. The van der Waals surface area contributed by atoms with E-state index in [1.165, 1.54) is 12.1 Å². The van der Waals surface area contributed by atoms with E-state index >= 15 is 0 Å². The molecule has 4 nitrogen and oxygen atoms in total. The third kappa shape index (κ3) is 3.39. The van der Waals surface area contributed by atoms with Crippen LogP contribution in [0, 0.1) is 0 Å². The predicted molar refractivity (Wildman–Crippen MR) is 90.4 cm³/mol. The first-order valence-electron chi connectivity index (χ1n) is 7.76. The van der Waals surface area contributed by atoms with Crippen LogP contribution in [-0.4, -0.2) is 23.3 Å². The molecule has 0 spiro atoms. The number of rotatable bonds is 3. The van der Waals surface area contributed by atoms with Gasteiger partial charge in [-0.05, 0) is 50.2 Å². The fourth-order valence-corrected chi connectivity index (χ4v) is 2.68. The van der Waals surface area contributed by atoms with E-state index in [0.29, 0.717) is 5.76 Å². The fourth-order valence-electron chi connectivity index (χ4n) is 2.68. The molecule has 2 aliphatic rings. The molecule has 24 heavy (non-hydrogen) atoms. The number of hydrogen-bond acceptors (Lipinski definition) is 3. The van der Waals surface area contributed by atoms with E-state index in [2.05, 4.69) is 24.5 Å². The predicted octanol–water partition coefficient (Wildman–Crippen LogP) is 0.279. The van der Waals surface area contributed by atoms with Gasteiger partial charge in [0.05, 0.1) is 6.07 Å². The van der Waals surface area contributed by atoms with E-state index < -0.39 is 0 Å². The third-order valence-electron chi connectivity index (χ3n) is 4.02. The van der Waals surface area contributed by atoms with Gasteiger partial charge in [-0.1, -0.05) is 0 Å². The Labute approximate surface area is 147 Å². The van der Waals surface area contributed by atoms with Gasteiger partial charge < -0.3 is 27.0 Å². The summed E-state index contributed by atoms with van der Waals surface area (Å²) >= 11 is 0. The Morgan fingerprint density at radius 3 is 2.12 bits per heavy atom. The molecule has 126 valence electrons. The van der Waals surface area contributed by atoms with Gasteiger partial charge >= 0.3 is 0 Å². The van der Waals surface area contributed by atoms with Crippen LogP contribution >= 0.6 is 0 Å². The number of fused-ring (bicyclic) bond motifs is 1. The summed E-state index contributed by atoms with van der Waals surface area (Å²) in [5, 5.41) is 20.2. The molecule has 1 heterocycles. The van der Waals surface area contributed by atoms with Crippen molar-refractivity contribution in [1.29, 1.82) is 0 Å². The van der Waals surface area contributed by atoms with Gasteiger partial charge in [-0.3, -0.25) is 0 Å². The second-order valence-corrected chi connectivity index (χ2v) is 5.40. The van der Waals surface area contributed by atoms with Crippen molar-refractivity contribution < 1.29 is 27.0 Å². The van der Waals surface area contributed by atoms with Crippen molar-refractivity contribution in [2.24, 2.45) is 0 Å². The number of nitrogens with zero attached hydrogens (tertiary/aromatic N) is 1. The summed E-state index contributed by atoms with van der Waals surface area (Å²) in [6, 6.07) is 14.7. The summed E-state index contributed by atoms with van der Waals surface area (Å²) in [7, 11) is 0. The second-order valence-electron chi connectivity index (χ2n) is 5.40. The molecule has 3 rings (SSSR count). The minimum Gasteiger partial charge on any atom is -1.00 e. The summed E-state index contributed by atoms with van der Waals surface area (Å²) in [5.41, 5.74) is 1.74. The highest BCUT2D eigenvalue weighted by molar-refractivity contribution is 5.67. The lowest BCUT2D eigenvalue weighted by atomic mass is 10.1. The van der Waals surface area contributed by atoms with Crippen molar-refractivity contribution in [3.05, 3.63) is 53.9 Å². The van der Waals surface area contributed by atoms with Gasteiger partial charge in [-0.15, -0.1) is 0 Å². The largest absolute Gasteiger partial charge is 1.00 e. The number of hydrogen-bond donors (Lipinski definition) is 2. The Morgan fingerprint density at radius 1 is 0.792 bits per heavy atom. The molecule has 0 amide bonds. The average Bonchev–Trinajstić information content (AvgIpc) is 2.58. The molecule has 0 unspecified atom stereocenters. The summed E-state index contributed by atoms with van der Waals surface area (Å²) in [6.45, 7) is 6.13. The van der Waals surface area contributed by atoms with E-state index in [9.17, 15) is 10.2 Å². The van der Waals surface area contributed by atoms with E-state index in [0.717, 1.165) is 35.3 Å². The number of phenolic OH excluding ortho intramolecular Hbond substituents is 2. The zero-order chi connectivity index (χ0) is 16.4. The second kappa shape index (κ2) is 7.41. The Bertz CT molecular complexity index is 880. The van der Waals surface area contributed by atoms with Gasteiger partial charge in [0.15, 0.2) is 11.5 Å². The molecule has 1 aromatic rings. The quantitative estimate of drug-likeness (QED) is 0.529. The van der Waals surface area contributed by atoms with Gasteiger partial charge in [0.25, 0.3) is 0 Å². The lowest BCUT2D eigenvalue weighted by Gasteiger charge is -2.08. The Balaban J connectivity index is 0.00000208. The standard InChI is InChI=1S/C19H19NO3.ClH/c1-3-20(4-2)15-8-5-13-7-10-18(23-19(13)12-15)14-6-9-16(21)17(22)11-14;/h5-12,22H,3-4H2,1-2H3;1H. The Kier molecular flexibility index (Phi) is 5.52. The first-order valence-corrected chi connectivity index (χ1v) is 7.76. The molecule has 1 aliphatic carbocycles. The summed E-state index contributed by atoms with van der Waals surface area (Å²) in [6.07, 6.45) is 0. The Morgan fingerprint density at radius 2 is 1.46 bits per heavy atom. The maximum Gasteiger partial charge on any atom is 0.203 e. The smallest absolute Gasteiger partial charge is 0.203 e. The molecule has 1 aliphatic heterocycles. The molecule has 0 aromatic heterocycles. The van der Waals surface area contributed by atoms with Crippen LogP contribution in [0.2, 0.25) is 0 Å². The minimum atomic E-state index is -0.158. The van der Waals surface area contributed by atoms with Crippen LogP contribution < -0.4 is 22.3 Å². The lowest BCUT2D eigenvalue weighted by Crippen LogP contribution is -3.00. The van der Waals surface area contributed by atoms with Crippen LogP contribution in [0.1, 0.15) is 13.8 Å². The van der Waals surface area contributed by atoms with Crippen LogP contribution in [0.3, 0.4) is 0 Å². The maximum absolute atomic E-state index is 9.66. The van der Waals surface area contributed by atoms with E-state index in [1.807, 2.05) is 24.3 Å². The monoisotopic (exact) mass is 345 g/mol. The zero-order valence-corrected chi connectivity index (χ0v) is 14.4. The van der Waals surface area contributed by atoms with Crippen molar-refractivity contribution in [3.8, 4) is 34.1 Å². The van der Waals surface area contributed by atoms with Gasteiger partial charge in [0, 0.05) is 17.2 Å². The van der Waals surface area contributed by atoms with Gasteiger partial charge in [0.2, 0.25) is 5.36 Å². The average molecular weight is 346 g/mol. The minimum absolute atomic E-state index is 0. The third-order valence-corrected chi connectivity index (χ3v) is 4.02. The van der Waals surface area contributed by atoms with Crippen molar-refractivity contribution >= 4 is 0 Å². The normalized spacial score (nSPS) is 10.4. The highest BCUT2D eigenvalue weighted by Crippen LogP contribution is 2.33. The highest BCUT2D eigenvalue weighted by Gasteiger charge is 2.11. The fraction of sp³-hybridized carbons (Fsp3) is 0.211. The van der Waals surface area contributed by atoms with Crippen LogP contribution in [0.4, 0.5) is 0 Å².